The number of ether oxygens (including phenoxy) is 1. The lowest BCUT2D eigenvalue weighted by Crippen LogP contribution is -2.68. The Hall–Kier alpha value is -0.760. The molecule has 1 heterocycles. The van der Waals surface area contributed by atoms with Crippen LogP contribution >= 0.6 is 24.0 Å². The van der Waals surface area contributed by atoms with Crippen molar-refractivity contribution >= 4 is 29.9 Å². The number of aliphatic imine (C=N–C) groups is 1. The minimum Gasteiger partial charge on any atom is -0.467 e. The van der Waals surface area contributed by atoms with E-state index in [0.717, 1.165) is 31.3 Å². The largest absolute Gasteiger partial charge is 0.467 e. The summed E-state index contributed by atoms with van der Waals surface area (Å²) in [6, 6.07) is 4.39. The molecule has 0 bridgehead atoms. The Morgan fingerprint density at radius 2 is 2.30 bits per heavy atom. The van der Waals surface area contributed by atoms with Gasteiger partial charge in [0.25, 0.3) is 0 Å². The van der Waals surface area contributed by atoms with Crippen LogP contribution in [0.25, 0.3) is 0 Å². The molecule has 0 saturated heterocycles. The molecule has 0 aromatic carbocycles. The molecule has 1 N–H and O–H groups in total. The van der Waals surface area contributed by atoms with Crippen molar-refractivity contribution in [2.45, 2.75) is 51.3 Å². The summed E-state index contributed by atoms with van der Waals surface area (Å²) in [4.78, 5) is 6.54. The SMILES string of the molecule is CCOC1CC(NC(=NC)N(C)Cc2ccco2)C12CCC2.I. The maximum absolute atomic E-state index is 5.92. The predicted octanol–water partition coefficient (Wildman–Crippen LogP) is 3.25. The van der Waals surface area contributed by atoms with E-state index in [1.807, 2.05) is 26.2 Å². The highest BCUT2D eigenvalue weighted by Gasteiger charge is 2.59. The highest BCUT2D eigenvalue weighted by atomic mass is 127. The van der Waals surface area contributed by atoms with E-state index in [2.05, 4.69) is 22.1 Å². The summed E-state index contributed by atoms with van der Waals surface area (Å²) in [5.74, 6) is 1.88. The number of nitrogens with one attached hydrogen (secondary N) is 1. The Bertz CT molecular complexity index is 514. The molecular formula is C17H28IN3O2. The van der Waals surface area contributed by atoms with Gasteiger partial charge >= 0.3 is 0 Å². The van der Waals surface area contributed by atoms with E-state index in [0.29, 0.717) is 17.6 Å². The lowest BCUT2D eigenvalue weighted by Gasteiger charge is -2.61. The number of furan rings is 1. The van der Waals surface area contributed by atoms with Crippen molar-refractivity contribution < 1.29 is 9.15 Å². The van der Waals surface area contributed by atoms with Gasteiger partial charge < -0.3 is 19.4 Å². The third-order valence-corrected chi connectivity index (χ3v) is 5.29. The molecule has 5 nitrogen and oxygen atoms in total. The van der Waals surface area contributed by atoms with E-state index in [4.69, 9.17) is 9.15 Å². The van der Waals surface area contributed by atoms with Gasteiger partial charge in [-0.05, 0) is 38.3 Å². The highest BCUT2D eigenvalue weighted by molar-refractivity contribution is 14.0. The van der Waals surface area contributed by atoms with Crippen LogP contribution in [0.2, 0.25) is 0 Å². The summed E-state index contributed by atoms with van der Waals surface area (Å²) >= 11 is 0. The summed E-state index contributed by atoms with van der Waals surface area (Å²) in [6.45, 7) is 3.62. The van der Waals surface area contributed by atoms with Crippen LogP contribution in [0.4, 0.5) is 0 Å². The van der Waals surface area contributed by atoms with Crippen LogP contribution < -0.4 is 5.32 Å². The van der Waals surface area contributed by atoms with Crippen molar-refractivity contribution in [1.82, 2.24) is 10.2 Å². The first kappa shape index (κ1) is 18.6. The summed E-state index contributed by atoms with van der Waals surface area (Å²) < 4.78 is 11.3. The second kappa shape index (κ2) is 7.88. The Morgan fingerprint density at radius 3 is 2.83 bits per heavy atom. The van der Waals surface area contributed by atoms with Crippen LogP contribution in [0.1, 0.15) is 38.4 Å². The van der Waals surface area contributed by atoms with Crippen molar-refractivity contribution in [2.24, 2.45) is 10.4 Å². The molecule has 1 aromatic rings. The first-order valence-corrected chi connectivity index (χ1v) is 8.28. The molecule has 0 amide bonds. The van der Waals surface area contributed by atoms with Gasteiger partial charge in [-0.25, -0.2) is 0 Å². The van der Waals surface area contributed by atoms with Crippen LogP contribution in [-0.4, -0.2) is 43.7 Å². The number of nitrogens with zero attached hydrogens (tertiary/aromatic N) is 2. The standard InChI is InChI=1S/C17H27N3O2.HI/c1-4-21-15-11-14(17(15)8-6-9-17)19-16(18-2)20(3)12-13-7-5-10-22-13;/h5,7,10,14-15H,4,6,8-9,11-12H2,1-3H3,(H,18,19);1H. The first-order chi connectivity index (χ1) is 10.7. The molecule has 2 atom stereocenters. The molecule has 2 aliphatic carbocycles. The van der Waals surface area contributed by atoms with Crippen molar-refractivity contribution in [3.05, 3.63) is 24.2 Å². The molecule has 2 aliphatic rings. The van der Waals surface area contributed by atoms with E-state index in [1.54, 1.807) is 6.26 Å². The van der Waals surface area contributed by atoms with E-state index in [9.17, 15) is 0 Å². The fourth-order valence-corrected chi connectivity index (χ4v) is 3.85. The molecule has 6 heteroatoms. The maximum atomic E-state index is 5.92. The van der Waals surface area contributed by atoms with Gasteiger partial charge in [0.15, 0.2) is 5.96 Å². The van der Waals surface area contributed by atoms with Gasteiger partial charge in [-0.2, -0.15) is 0 Å². The molecule has 1 spiro atoms. The Kier molecular flexibility index (Phi) is 6.36. The number of guanidine groups is 1. The number of hydrogen-bond acceptors (Lipinski definition) is 3. The lowest BCUT2D eigenvalue weighted by atomic mass is 9.51. The molecule has 2 unspecified atom stereocenters. The second-order valence-corrected chi connectivity index (χ2v) is 6.45. The molecule has 23 heavy (non-hydrogen) atoms. The quantitative estimate of drug-likeness (QED) is 0.440. The van der Waals surface area contributed by atoms with E-state index >= 15 is 0 Å². The van der Waals surface area contributed by atoms with Crippen molar-refractivity contribution in [3.8, 4) is 0 Å². The van der Waals surface area contributed by atoms with Gasteiger partial charge in [0.2, 0.25) is 0 Å². The Balaban J connectivity index is 0.00000192. The molecule has 0 radical (unpaired) electrons. The summed E-state index contributed by atoms with van der Waals surface area (Å²) in [5, 5.41) is 3.65. The summed E-state index contributed by atoms with van der Waals surface area (Å²) in [7, 11) is 3.89. The molecule has 130 valence electrons. The topological polar surface area (TPSA) is 50.0 Å². The number of halogens is 1. The van der Waals surface area contributed by atoms with Crippen molar-refractivity contribution in [2.75, 3.05) is 20.7 Å². The fraction of sp³-hybridized carbons (Fsp3) is 0.706. The molecule has 0 aliphatic heterocycles. The zero-order chi connectivity index (χ0) is 15.6. The van der Waals surface area contributed by atoms with Gasteiger partial charge in [0.1, 0.15) is 5.76 Å². The average molecular weight is 433 g/mol. The second-order valence-electron chi connectivity index (χ2n) is 6.45. The van der Waals surface area contributed by atoms with Crippen molar-refractivity contribution in [1.29, 1.82) is 0 Å². The fourth-order valence-electron chi connectivity index (χ4n) is 3.85. The van der Waals surface area contributed by atoms with Gasteiger partial charge in [-0.15, -0.1) is 24.0 Å². The molecule has 1 aromatic heterocycles. The normalized spacial score (nSPS) is 25.3. The van der Waals surface area contributed by atoms with E-state index in [-0.39, 0.29) is 24.0 Å². The molecular weight excluding hydrogens is 405 g/mol. The zero-order valence-electron chi connectivity index (χ0n) is 14.2. The van der Waals surface area contributed by atoms with Gasteiger partial charge in [-0.3, -0.25) is 4.99 Å². The van der Waals surface area contributed by atoms with Crippen LogP contribution in [-0.2, 0) is 11.3 Å². The van der Waals surface area contributed by atoms with Gasteiger partial charge in [0, 0.05) is 32.2 Å². The summed E-state index contributed by atoms with van der Waals surface area (Å²) in [6.07, 6.45) is 7.09. The van der Waals surface area contributed by atoms with Gasteiger partial charge in [0.05, 0.1) is 18.9 Å². The van der Waals surface area contributed by atoms with Gasteiger partial charge in [-0.1, -0.05) is 6.42 Å². The van der Waals surface area contributed by atoms with Crippen LogP contribution in [0.3, 0.4) is 0 Å². The highest BCUT2D eigenvalue weighted by Crippen LogP contribution is 2.57. The van der Waals surface area contributed by atoms with Crippen LogP contribution in [0.15, 0.2) is 27.8 Å². The van der Waals surface area contributed by atoms with Crippen molar-refractivity contribution in [3.63, 3.8) is 0 Å². The predicted molar refractivity (Wildman–Crippen MR) is 102 cm³/mol. The van der Waals surface area contributed by atoms with Crippen LogP contribution in [0, 0.1) is 5.41 Å². The third kappa shape index (κ3) is 3.52. The minimum atomic E-state index is 0. The molecule has 2 saturated carbocycles. The first-order valence-electron chi connectivity index (χ1n) is 8.28. The third-order valence-electron chi connectivity index (χ3n) is 5.29. The molecule has 2 fully saturated rings. The minimum absolute atomic E-state index is 0. The molecule has 3 rings (SSSR count). The monoisotopic (exact) mass is 433 g/mol. The average Bonchev–Trinajstić information content (AvgIpc) is 2.93. The van der Waals surface area contributed by atoms with E-state index < -0.39 is 0 Å². The summed E-state index contributed by atoms with van der Waals surface area (Å²) in [5.41, 5.74) is 0.345. The number of hydrogen-bond donors (Lipinski definition) is 1. The maximum Gasteiger partial charge on any atom is 0.194 e. The number of rotatable bonds is 5. The Morgan fingerprint density at radius 1 is 1.52 bits per heavy atom. The zero-order valence-corrected chi connectivity index (χ0v) is 16.6. The smallest absolute Gasteiger partial charge is 0.194 e. The Labute approximate surface area is 155 Å². The lowest BCUT2D eigenvalue weighted by molar-refractivity contribution is -0.168. The van der Waals surface area contributed by atoms with Crippen LogP contribution in [0.5, 0.6) is 0 Å². The van der Waals surface area contributed by atoms with E-state index in [1.165, 1.54) is 19.3 Å².